The number of nitrogens with two attached hydrogens (primary N) is 1. The van der Waals surface area contributed by atoms with Gasteiger partial charge in [0.1, 0.15) is 0 Å². The number of carbonyl (C=O) groups is 1. The zero-order valence-corrected chi connectivity index (χ0v) is 11.1. The molecule has 0 radical (unpaired) electrons. The van der Waals surface area contributed by atoms with Crippen molar-refractivity contribution in [3.63, 3.8) is 0 Å². The average Bonchev–Trinajstić information content (AvgIpc) is 3.09. The highest BCUT2D eigenvalue weighted by atomic mass is 16.2. The second-order valence-electron chi connectivity index (χ2n) is 5.01. The molecule has 0 heterocycles. The molecule has 0 saturated heterocycles. The van der Waals surface area contributed by atoms with E-state index in [4.69, 9.17) is 5.84 Å². The molecule has 0 aromatic rings. The molecule has 1 aliphatic rings. The van der Waals surface area contributed by atoms with Crippen molar-refractivity contribution < 1.29 is 4.79 Å². The minimum Gasteiger partial charge on any atom is -0.311 e. The number of nitrogens with zero attached hydrogens (tertiary/aromatic N) is 3. The van der Waals surface area contributed by atoms with Crippen LogP contribution in [0, 0.1) is 0 Å². The molecule has 0 aliphatic heterocycles. The SMILES string of the molecule is CCC(C)(N=NC(C)C)NC(=O)N(N)C1CC1. The third-order valence-electron chi connectivity index (χ3n) is 2.75. The molecule has 6 nitrogen and oxygen atoms in total. The van der Waals surface area contributed by atoms with Gasteiger partial charge in [-0.3, -0.25) is 5.01 Å². The fraction of sp³-hybridized carbons (Fsp3) is 0.909. The molecule has 1 atom stereocenters. The molecule has 1 unspecified atom stereocenters. The van der Waals surface area contributed by atoms with Gasteiger partial charge in [0.2, 0.25) is 0 Å². The molecule has 3 N–H and O–H groups in total. The number of carbonyl (C=O) groups excluding carboxylic acids is 1. The van der Waals surface area contributed by atoms with E-state index in [-0.39, 0.29) is 18.1 Å². The van der Waals surface area contributed by atoms with E-state index in [1.165, 1.54) is 5.01 Å². The third-order valence-corrected chi connectivity index (χ3v) is 2.75. The van der Waals surface area contributed by atoms with E-state index >= 15 is 0 Å². The summed E-state index contributed by atoms with van der Waals surface area (Å²) in [7, 11) is 0. The van der Waals surface area contributed by atoms with Crippen LogP contribution in [0.5, 0.6) is 0 Å². The Kier molecular flexibility index (Phi) is 4.45. The number of amides is 2. The Morgan fingerprint density at radius 2 is 2.18 bits per heavy atom. The average molecular weight is 241 g/mol. The van der Waals surface area contributed by atoms with Crippen molar-refractivity contribution in [2.24, 2.45) is 16.1 Å². The van der Waals surface area contributed by atoms with Crippen LogP contribution in [0.25, 0.3) is 0 Å². The van der Waals surface area contributed by atoms with E-state index in [2.05, 4.69) is 15.5 Å². The Hall–Kier alpha value is -1.17. The molecule has 17 heavy (non-hydrogen) atoms. The van der Waals surface area contributed by atoms with Gasteiger partial charge in [-0.05, 0) is 40.0 Å². The quantitative estimate of drug-likeness (QED) is 0.334. The van der Waals surface area contributed by atoms with Gasteiger partial charge >= 0.3 is 6.03 Å². The smallest absolute Gasteiger partial charge is 0.311 e. The van der Waals surface area contributed by atoms with Gasteiger partial charge in [0.15, 0.2) is 5.66 Å². The molecule has 0 aromatic heterocycles. The Morgan fingerprint density at radius 3 is 2.59 bits per heavy atom. The fourth-order valence-electron chi connectivity index (χ4n) is 1.24. The normalized spacial score (nSPS) is 19.4. The van der Waals surface area contributed by atoms with Crippen molar-refractivity contribution in [1.82, 2.24) is 10.3 Å². The van der Waals surface area contributed by atoms with Gasteiger partial charge in [-0.1, -0.05) is 6.92 Å². The molecule has 1 saturated carbocycles. The van der Waals surface area contributed by atoms with Crippen molar-refractivity contribution in [2.75, 3.05) is 0 Å². The zero-order chi connectivity index (χ0) is 13.1. The Morgan fingerprint density at radius 1 is 1.59 bits per heavy atom. The Labute approximate surface area is 103 Å². The van der Waals surface area contributed by atoms with E-state index in [1.807, 2.05) is 27.7 Å². The molecule has 98 valence electrons. The summed E-state index contributed by atoms with van der Waals surface area (Å²) in [6.07, 6.45) is 2.65. The van der Waals surface area contributed by atoms with Crippen LogP contribution in [0.4, 0.5) is 4.79 Å². The number of urea groups is 1. The topological polar surface area (TPSA) is 83.1 Å². The highest BCUT2D eigenvalue weighted by Crippen LogP contribution is 2.24. The van der Waals surface area contributed by atoms with Crippen LogP contribution in [0.1, 0.15) is 47.0 Å². The van der Waals surface area contributed by atoms with Gasteiger partial charge in [0.05, 0.1) is 12.1 Å². The van der Waals surface area contributed by atoms with Gasteiger partial charge in [0, 0.05) is 0 Å². The van der Waals surface area contributed by atoms with Gasteiger partial charge in [-0.25, -0.2) is 10.6 Å². The molecular weight excluding hydrogens is 218 g/mol. The number of hydrogen-bond acceptors (Lipinski definition) is 4. The maximum Gasteiger partial charge on any atom is 0.333 e. The summed E-state index contributed by atoms with van der Waals surface area (Å²) in [6, 6.07) is 0.0351. The van der Waals surface area contributed by atoms with Crippen LogP contribution in [-0.4, -0.2) is 28.8 Å². The maximum atomic E-state index is 11.8. The van der Waals surface area contributed by atoms with Crippen molar-refractivity contribution in [3.05, 3.63) is 0 Å². The van der Waals surface area contributed by atoms with E-state index < -0.39 is 5.66 Å². The van der Waals surface area contributed by atoms with Crippen LogP contribution in [0.3, 0.4) is 0 Å². The van der Waals surface area contributed by atoms with Crippen LogP contribution < -0.4 is 11.2 Å². The van der Waals surface area contributed by atoms with Gasteiger partial charge in [-0.15, -0.1) is 0 Å². The summed E-state index contributed by atoms with van der Waals surface area (Å²) in [4.78, 5) is 11.8. The number of hydrazine groups is 1. The minimum atomic E-state index is -0.673. The molecule has 0 bridgehead atoms. The van der Waals surface area contributed by atoms with Crippen molar-refractivity contribution >= 4 is 6.03 Å². The lowest BCUT2D eigenvalue weighted by Gasteiger charge is -2.27. The lowest BCUT2D eigenvalue weighted by molar-refractivity contribution is 0.181. The minimum absolute atomic E-state index is 0.121. The van der Waals surface area contributed by atoms with E-state index in [0.717, 1.165) is 12.8 Å². The lowest BCUT2D eigenvalue weighted by atomic mass is 10.1. The molecule has 0 spiro atoms. The summed E-state index contributed by atoms with van der Waals surface area (Å²) in [5, 5.41) is 12.4. The van der Waals surface area contributed by atoms with E-state index in [9.17, 15) is 4.79 Å². The standard InChI is InChI=1S/C11H23N5O/c1-5-11(4,15-14-8(2)3)13-10(17)16(12)9-6-7-9/h8-9H,5-7,12H2,1-4H3,(H,13,17). The molecular formula is C11H23N5O. The van der Waals surface area contributed by atoms with Crippen LogP contribution in [-0.2, 0) is 0 Å². The summed E-state index contributed by atoms with van der Waals surface area (Å²) in [5.41, 5.74) is -0.673. The molecule has 0 aromatic carbocycles. The van der Waals surface area contributed by atoms with Gasteiger partial charge in [-0.2, -0.15) is 10.2 Å². The Balaban J connectivity index is 2.57. The summed E-state index contributed by atoms with van der Waals surface area (Å²) < 4.78 is 0. The third kappa shape index (κ3) is 4.30. The summed E-state index contributed by atoms with van der Waals surface area (Å²) in [5.74, 6) is 5.69. The second kappa shape index (κ2) is 5.44. The first-order valence-corrected chi connectivity index (χ1v) is 6.16. The molecule has 6 heteroatoms. The second-order valence-corrected chi connectivity index (χ2v) is 5.01. The lowest BCUT2D eigenvalue weighted by Crippen LogP contribution is -2.53. The van der Waals surface area contributed by atoms with Crippen LogP contribution >= 0.6 is 0 Å². The summed E-state index contributed by atoms with van der Waals surface area (Å²) >= 11 is 0. The zero-order valence-electron chi connectivity index (χ0n) is 11.1. The molecule has 1 aliphatic carbocycles. The molecule has 1 fully saturated rings. The van der Waals surface area contributed by atoms with E-state index in [0.29, 0.717) is 6.42 Å². The maximum absolute atomic E-state index is 11.8. The number of azo groups is 1. The first kappa shape index (κ1) is 13.9. The molecule has 1 rings (SSSR count). The van der Waals surface area contributed by atoms with Gasteiger partial charge < -0.3 is 5.32 Å². The van der Waals surface area contributed by atoms with Crippen molar-refractivity contribution in [2.45, 2.75) is 64.7 Å². The van der Waals surface area contributed by atoms with Crippen molar-refractivity contribution in [3.8, 4) is 0 Å². The highest BCUT2D eigenvalue weighted by molar-refractivity contribution is 5.75. The number of rotatable bonds is 5. The monoisotopic (exact) mass is 241 g/mol. The summed E-state index contributed by atoms with van der Waals surface area (Å²) in [6.45, 7) is 7.69. The number of nitrogens with one attached hydrogen (secondary N) is 1. The Bertz CT molecular complexity index is 300. The molecule has 2 amide bonds. The van der Waals surface area contributed by atoms with Crippen molar-refractivity contribution in [1.29, 1.82) is 0 Å². The largest absolute Gasteiger partial charge is 0.333 e. The van der Waals surface area contributed by atoms with Crippen LogP contribution in [0.15, 0.2) is 10.2 Å². The first-order valence-electron chi connectivity index (χ1n) is 6.16. The van der Waals surface area contributed by atoms with E-state index in [1.54, 1.807) is 0 Å². The van der Waals surface area contributed by atoms with Crippen LogP contribution in [0.2, 0.25) is 0 Å². The predicted octanol–water partition coefficient (Wildman–Crippen LogP) is 2.02. The fourth-order valence-corrected chi connectivity index (χ4v) is 1.24. The number of hydrogen-bond donors (Lipinski definition) is 2. The highest BCUT2D eigenvalue weighted by Gasteiger charge is 2.33. The predicted molar refractivity (Wildman–Crippen MR) is 66.3 cm³/mol. The van der Waals surface area contributed by atoms with Gasteiger partial charge in [0.25, 0.3) is 0 Å². The first-order chi connectivity index (χ1) is 7.88.